The lowest BCUT2D eigenvalue weighted by Crippen LogP contribution is -2.37. The van der Waals surface area contributed by atoms with Crippen LogP contribution in [0.4, 0.5) is 0 Å². The van der Waals surface area contributed by atoms with E-state index in [0.717, 1.165) is 25.4 Å². The molecule has 1 aliphatic rings. The highest BCUT2D eigenvalue weighted by molar-refractivity contribution is 5.47. The number of piperidine rings is 1. The van der Waals surface area contributed by atoms with Crippen LogP contribution in [0.25, 0.3) is 0 Å². The molecule has 0 unspecified atom stereocenters. The maximum absolute atomic E-state index is 10.4. The summed E-state index contributed by atoms with van der Waals surface area (Å²) in [4.78, 5) is 12.3. The van der Waals surface area contributed by atoms with E-state index in [0.29, 0.717) is 5.41 Å². The zero-order chi connectivity index (χ0) is 9.19. The predicted molar refractivity (Wildman–Crippen MR) is 49.8 cm³/mol. The molecule has 0 aromatic carbocycles. The van der Waals surface area contributed by atoms with E-state index in [4.69, 9.17) is 0 Å². The summed E-state index contributed by atoms with van der Waals surface area (Å²) in [5.74, 6) is 0.786. The Balaban J connectivity index is 2.41. The third kappa shape index (κ3) is 2.23. The summed E-state index contributed by atoms with van der Waals surface area (Å²) in [5.41, 5.74) is 0.412. The average Bonchev–Trinajstić information content (AvgIpc) is 2.03. The first-order valence-electron chi connectivity index (χ1n) is 4.73. The third-order valence-electron chi connectivity index (χ3n) is 2.90. The number of carbonyl (C=O) groups is 1. The van der Waals surface area contributed by atoms with Crippen LogP contribution in [0.1, 0.15) is 33.6 Å². The van der Waals surface area contributed by atoms with E-state index in [-0.39, 0.29) is 0 Å². The Bertz CT molecular complexity index is 152. The van der Waals surface area contributed by atoms with Crippen LogP contribution in [0.5, 0.6) is 0 Å². The summed E-state index contributed by atoms with van der Waals surface area (Å²) in [6, 6.07) is 0. The van der Waals surface area contributed by atoms with Crippen LogP contribution in [0.15, 0.2) is 0 Å². The molecule has 0 aliphatic carbocycles. The molecule has 2 heteroatoms. The van der Waals surface area contributed by atoms with Crippen molar-refractivity contribution in [2.24, 2.45) is 11.3 Å². The lowest BCUT2D eigenvalue weighted by atomic mass is 9.75. The molecule has 0 radical (unpaired) electrons. The largest absolute Gasteiger partial charge is 0.345 e. The van der Waals surface area contributed by atoms with Crippen molar-refractivity contribution in [1.29, 1.82) is 0 Å². The fraction of sp³-hybridized carbons (Fsp3) is 0.900. The number of carbonyl (C=O) groups excluding carboxylic acids is 1. The fourth-order valence-electron chi connectivity index (χ4n) is 1.87. The smallest absolute Gasteiger partial charge is 0.209 e. The predicted octanol–water partition coefficient (Wildman–Crippen LogP) is 1.90. The molecule has 0 aromatic heterocycles. The summed E-state index contributed by atoms with van der Waals surface area (Å²) in [7, 11) is 0. The van der Waals surface area contributed by atoms with Crippen molar-refractivity contribution < 1.29 is 4.79 Å². The van der Waals surface area contributed by atoms with Gasteiger partial charge in [0.15, 0.2) is 0 Å². The summed E-state index contributed by atoms with van der Waals surface area (Å²) in [5, 5.41) is 0. The first kappa shape index (κ1) is 9.56. The Labute approximate surface area is 74.9 Å². The van der Waals surface area contributed by atoms with Gasteiger partial charge >= 0.3 is 0 Å². The zero-order valence-electron chi connectivity index (χ0n) is 8.34. The van der Waals surface area contributed by atoms with E-state index in [1.54, 1.807) is 0 Å². The number of hydrogen-bond donors (Lipinski definition) is 0. The van der Waals surface area contributed by atoms with Crippen molar-refractivity contribution in [3.05, 3.63) is 0 Å². The summed E-state index contributed by atoms with van der Waals surface area (Å²) in [6.07, 6.45) is 3.31. The Morgan fingerprint density at radius 1 is 1.25 bits per heavy atom. The highest BCUT2D eigenvalue weighted by Gasteiger charge is 2.27. The molecular weight excluding hydrogens is 150 g/mol. The van der Waals surface area contributed by atoms with Crippen molar-refractivity contribution in [2.45, 2.75) is 33.6 Å². The number of rotatable bonds is 1. The molecule has 0 atom stereocenters. The topological polar surface area (TPSA) is 20.3 Å². The zero-order valence-corrected chi connectivity index (χ0v) is 8.34. The number of hydrogen-bond acceptors (Lipinski definition) is 1. The van der Waals surface area contributed by atoms with E-state index in [1.165, 1.54) is 12.8 Å². The van der Waals surface area contributed by atoms with Gasteiger partial charge in [0, 0.05) is 13.1 Å². The van der Waals surface area contributed by atoms with Crippen molar-refractivity contribution >= 4 is 6.41 Å². The van der Waals surface area contributed by atoms with Gasteiger partial charge in [0.2, 0.25) is 6.41 Å². The molecule has 12 heavy (non-hydrogen) atoms. The number of amides is 1. The Morgan fingerprint density at radius 3 is 2.08 bits per heavy atom. The van der Waals surface area contributed by atoms with Crippen molar-refractivity contribution in [2.75, 3.05) is 13.1 Å². The Morgan fingerprint density at radius 2 is 1.75 bits per heavy atom. The SMILES string of the molecule is CC(C)(C)C1CCN(C=O)CC1. The van der Waals surface area contributed by atoms with Crippen LogP contribution < -0.4 is 0 Å². The van der Waals surface area contributed by atoms with Gasteiger partial charge in [-0.2, -0.15) is 0 Å². The van der Waals surface area contributed by atoms with Gasteiger partial charge in [0.1, 0.15) is 0 Å². The van der Waals surface area contributed by atoms with Gasteiger partial charge in [-0.1, -0.05) is 20.8 Å². The molecule has 0 bridgehead atoms. The van der Waals surface area contributed by atoms with Gasteiger partial charge < -0.3 is 4.90 Å². The molecule has 0 aromatic rings. The van der Waals surface area contributed by atoms with Gasteiger partial charge in [-0.3, -0.25) is 4.79 Å². The van der Waals surface area contributed by atoms with Crippen LogP contribution in [-0.4, -0.2) is 24.4 Å². The molecule has 1 heterocycles. The minimum Gasteiger partial charge on any atom is -0.345 e. The molecule has 0 saturated carbocycles. The van der Waals surface area contributed by atoms with Crippen LogP contribution >= 0.6 is 0 Å². The van der Waals surface area contributed by atoms with E-state index in [1.807, 2.05) is 4.90 Å². The summed E-state index contributed by atoms with van der Waals surface area (Å²) in [6.45, 7) is 8.76. The van der Waals surface area contributed by atoms with Gasteiger partial charge in [0.25, 0.3) is 0 Å². The molecule has 1 fully saturated rings. The minimum absolute atomic E-state index is 0.412. The molecule has 70 valence electrons. The normalized spacial score (nSPS) is 21.1. The highest BCUT2D eigenvalue weighted by Crippen LogP contribution is 2.33. The van der Waals surface area contributed by atoms with E-state index in [9.17, 15) is 4.79 Å². The van der Waals surface area contributed by atoms with Crippen molar-refractivity contribution in [1.82, 2.24) is 4.90 Å². The van der Waals surface area contributed by atoms with Crippen LogP contribution in [0, 0.1) is 11.3 Å². The lowest BCUT2D eigenvalue weighted by Gasteiger charge is -2.37. The molecular formula is C10H19NO. The second-order valence-electron chi connectivity index (χ2n) is 4.78. The van der Waals surface area contributed by atoms with Gasteiger partial charge in [0.05, 0.1) is 0 Å². The highest BCUT2D eigenvalue weighted by atomic mass is 16.1. The Kier molecular flexibility index (Phi) is 2.76. The maximum Gasteiger partial charge on any atom is 0.209 e. The summed E-state index contributed by atoms with van der Waals surface area (Å²) < 4.78 is 0. The van der Waals surface area contributed by atoms with E-state index >= 15 is 0 Å². The fourth-order valence-corrected chi connectivity index (χ4v) is 1.87. The van der Waals surface area contributed by atoms with Gasteiger partial charge in [-0.25, -0.2) is 0 Å². The second-order valence-corrected chi connectivity index (χ2v) is 4.78. The van der Waals surface area contributed by atoms with Crippen molar-refractivity contribution in [3.8, 4) is 0 Å². The number of likely N-dealkylation sites (tertiary alicyclic amines) is 1. The van der Waals surface area contributed by atoms with E-state index in [2.05, 4.69) is 20.8 Å². The summed E-state index contributed by atoms with van der Waals surface area (Å²) >= 11 is 0. The molecule has 1 amide bonds. The molecule has 1 rings (SSSR count). The minimum atomic E-state index is 0.412. The van der Waals surface area contributed by atoms with Crippen molar-refractivity contribution in [3.63, 3.8) is 0 Å². The monoisotopic (exact) mass is 169 g/mol. The van der Waals surface area contributed by atoms with Gasteiger partial charge in [-0.05, 0) is 24.2 Å². The lowest BCUT2D eigenvalue weighted by molar-refractivity contribution is -0.119. The molecule has 2 nitrogen and oxygen atoms in total. The van der Waals surface area contributed by atoms with Crippen LogP contribution in [0.3, 0.4) is 0 Å². The van der Waals surface area contributed by atoms with Gasteiger partial charge in [-0.15, -0.1) is 0 Å². The number of nitrogens with zero attached hydrogens (tertiary/aromatic N) is 1. The second kappa shape index (κ2) is 3.46. The van der Waals surface area contributed by atoms with Crippen LogP contribution in [0.2, 0.25) is 0 Å². The maximum atomic E-state index is 10.4. The van der Waals surface area contributed by atoms with E-state index < -0.39 is 0 Å². The molecule has 0 spiro atoms. The molecule has 0 N–H and O–H groups in total. The Hall–Kier alpha value is -0.530. The first-order chi connectivity index (χ1) is 5.54. The molecule has 1 aliphatic heterocycles. The molecule has 1 saturated heterocycles. The van der Waals surface area contributed by atoms with Crippen LogP contribution in [-0.2, 0) is 4.79 Å². The first-order valence-corrected chi connectivity index (χ1v) is 4.73. The average molecular weight is 169 g/mol. The third-order valence-corrected chi connectivity index (χ3v) is 2.90. The quantitative estimate of drug-likeness (QED) is 0.549. The standard InChI is InChI=1S/C10H19NO/c1-10(2,3)9-4-6-11(8-12)7-5-9/h8-9H,4-7H2,1-3H3.